The molecule has 0 aliphatic carbocycles. The van der Waals surface area contributed by atoms with Crippen LogP contribution < -0.4 is 15.5 Å². The van der Waals surface area contributed by atoms with Gasteiger partial charge in [0, 0.05) is 23.2 Å². The van der Waals surface area contributed by atoms with Crippen molar-refractivity contribution >= 4 is 52.2 Å². The third-order valence-corrected chi connectivity index (χ3v) is 5.47. The molecule has 32 heavy (non-hydrogen) atoms. The summed E-state index contributed by atoms with van der Waals surface area (Å²) in [4.78, 5) is 31.6. The van der Waals surface area contributed by atoms with Crippen molar-refractivity contribution in [2.24, 2.45) is 4.99 Å². The van der Waals surface area contributed by atoms with Crippen molar-refractivity contribution in [3.63, 3.8) is 0 Å². The molecule has 0 radical (unpaired) electrons. The Labute approximate surface area is 193 Å². The molecule has 3 amide bonds. The smallest absolute Gasteiger partial charge is 0.311 e. The molecular formula is C23H17Cl2FN4O2. The van der Waals surface area contributed by atoms with Crippen LogP contribution in [-0.2, 0) is 4.79 Å². The second-order valence-electron chi connectivity index (χ2n) is 7.00. The SMILES string of the molecule is CN1C(=O)C(NC(=O)Nc2ccc(Cl)cc2Cl)N=C(c2ccccc2F)c2ccccc21. The second-order valence-corrected chi connectivity index (χ2v) is 7.84. The van der Waals surface area contributed by atoms with E-state index in [2.05, 4.69) is 15.6 Å². The van der Waals surface area contributed by atoms with Crippen molar-refractivity contribution in [1.82, 2.24) is 5.32 Å². The summed E-state index contributed by atoms with van der Waals surface area (Å²) in [6.07, 6.45) is -1.30. The molecule has 1 aliphatic heterocycles. The van der Waals surface area contributed by atoms with Crippen molar-refractivity contribution in [2.45, 2.75) is 6.17 Å². The molecule has 0 saturated heterocycles. The van der Waals surface area contributed by atoms with E-state index >= 15 is 0 Å². The molecule has 9 heteroatoms. The number of hydrogen-bond donors (Lipinski definition) is 2. The molecule has 1 atom stereocenters. The fraction of sp³-hybridized carbons (Fsp3) is 0.0870. The summed E-state index contributed by atoms with van der Waals surface area (Å²) in [5, 5.41) is 5.76. The summed E-state index contributed by atoms with van der Waals surface area (Å²) in [6.45, 7) is 0. The Balaban J connectivity index is 1.71. The first-order valence-electron chi connectivity index (χ1n) is 9.57. The molecule has 0 spiro atoms. The number of amides is 3. The lowest BCUT2D eigenvalue weighted by Crippen LogP contribution is -2.47. The number of anilines is 2. The first-order chi connectivity index (χ1) is 15.3. The van der Waals surface area contributed by atoms with Gasteiger partial charge in [-0.3, -0.25) is 4.79 Å². The van der Waals surface area contributed by atoms with E-state index in [1.54, 1.807) is 55.6 Å². The van der Waals surface area contributed by atoms with Crippen LogP contribution in [0.4, 0.5) is 20.6 Å². The van der Waals surface area contributed by atoms with Gasteiger partial charge in [0.25, 0.3) is 5.91 Å². The zero-order valence-corrected chi connectivity index (χ0v) is 18.3. The van der Waals surface area contributed by atoms with Gasteiger partial charge in [-0.05, 0) is 36.4 Å². The Bertz CT molecular complexity index is 1250. The lowest BCUT2D eigenvalue weighted by Gasteiger charge is -2.21. The quantitative estimate of drug-likeness (QED) is 0.558. The van der Waals surface area contributed by atoms with Crippen LogP contribution in [-0.4, -0.2) is 30.9 Å². The van der Waals surface area contributed by atoms with Gasteiger partial charge in [-0.25, -0.2) is 14.2 Å². The van der Waals surface area contributed by atoms with E-state index in [1.165, 1.54) is 23.1 Å². The third kappa shape index (κ3) is 4.30. The molecule has 1 unspecified atom stereocenters. The summed E-state index contributed by atoms with van der Waals surface area (Å²) in [5.74, 6) is -0.977. The van der Waals surface area contributed by atoms with Gasteiger partial charge in [0.1, 0.15) is 5.82 Å². The zero-order valence-electron chi connectivity index (χ0n) is 16.8. The van der Waals surface area contributed by atoms with E-state index in [1.807, 2.05) is 0 Å². The molecule has 6 nitrogen and oxygen atoms in total. The number of halogens is 3. The van der Waals surface area contributed by atoms with Crippen LogP contribution in [0, 0.1) is 5.82 Å². The second kappa shape index (κ2) is 8.98. The predicted molar refractivity (Wildman–Crippen MR) is 124 cm³/mol. The number of carbonyl (C=O) groups is 2. The minimum atomic E-state index is -1.30. The molecule has 0 aromatic heterocycles. The number of nitrogens with one attached hydrogen (secondary N) is 2. The molecule has 3 aromatic rings. The maximum atomic E-state index is 14.6. The third-order valence-electron chi connectivity index (χ3n) is 4.92. The minimum Gasteiger partial charge on any atom is -0.311 e. The summed E-state index contributed by atoms with van der Waals surface area (Å²) in [7, 11) is 1.57. The van der Waals surface area contributed by atoms with Gasteiger partial charge in [-0.15, -0.1) is 0 Å². The van der Waals surface area contributed by atoms with Gasteiger partial charge >= 0.3 is 6.03 Å². The van der Waals surface area contributed by atoms with E-state index in [0.717, 1.165) is 0 Å². The Morgan fingerprint density at radius 1 is 1.03 bits per heavy atom. The lowest BCUT2D eigenvalue weighted by atomic mass is 10.00. The highest BCUT2D eigenvalue weighted by Crippen LogP contribution is 2.28. The normalized spacial score (nSPS) is 15.5. The minimum absolute atomic E-state index is 0.219. The Hall–Kier alpha value is -3.42. The standard InChI is InChI=1S/C23H17Cl2FN4O2/c1-30-19-9-5-3-7-15(19)20(14-6-2-4-8-17(14)26)28-21(22(30)31)29-23(32)27-18-11-10-13(24)12-16(18)25/h2-12,21H,1H3,(H2,27,29,32). The maximum absolute atomic E-state index is 14.6. The number of rotatable bonds is 3. The van der Waals surface area contributed by atoms with Crippen molar-refractivity contribution in [3.05, 3.63) is 93.7 Å². The van der Waals surface area contributed by atoms with Gasteiger partial charge in [0.15, 0.2) is 0 Å². The highest BCUT2D eigenvalue weighted by molar-refractivity contribution is 6.36. The van der Waals surface area contributed by atoms with E-state index in [9.17, 15) is 14.0 Å². The van der Waals surface area contributed by atoms with Crippen LogP contribution in [0.3, 0.4) is 0 Å². The number of aliphatic imine (C=N–C) groups is 1. The van der Waals surface area contributed by atoms with Crippen molar-refractivity contribution in [3.8, 4) is 0 Å². The van der Waals surface area contributed by atoms with Crippen LogP contribution in [0.1, 0.15) is 11.1 Å². The average molecular weight is 471 g/mol. The van der Waals surface area contributed by atoms with Crippen LogP contribution in [0.25, 0.3) is 0 Å². The molecule has 4 rings (SSSR count). The van der Waals surface area contributed by atoms with Crippen LogP contribution >= 0.6 is 23.2 Å². The van der Waals surface area contributed by atoms with Crippen molar-refractivity contribution < 1.29 is 14.0 Å². The molecular weight excluding hydrogens is 454 g/mol. The highest BCUT2D eigenvalue weighted by atomic mass is 35.5. The molecule has 0 saturated carbocycles. The first-order valence-corrected chi connectivity index (χ1v) is 10.3. The fourth-order valence-electron chi connectivity index (χ4n) is 3.36. The molecule has 0 bridgehead atoms. The Kier molecular flexibility index (Phi) is 6.12. The van der Waals surface area contributed by atoms with Crippen LogP contribution in [0.5, 0.6) is 0 Å². The zero-order chi connectivity index (χ0) is 22.8. The number of benzodiazepines with no additional fused rings is 1. The average Bonchev–Trinajstić information content (AvgIpc) is 2.87. The monoisotopic (exact) mass is 470 g/mol. The number of likely N-dealkylation sites (N-methyl/N-ethyl adjacent to an activating group) is 1. The lowest BCUT2D eigenvalue weighted by molar-refractivity contribution is -0.119. The molecule has 162 valence electrons. The highest BCUT2D eigenvalue weighted by Gasteiger charge is 2.31. The largest absolute Gasteiger partial charge is 0.321 e. The van der Waals surface area contributed by atoms with Crippen molar-refractivity contribution in [2.75, 3.05) is 17.3 Å². The summed E-state index contributed by atoms with van der Waals surface area (Å²) in [6, 6.07) is 17.0. The number of urea groups is 1. The topological polar surface area (TPSA) is 73.8 Å². The number of benzene rings is 3. The van der Waals surface area contributed by atoms with E-state index in [4.69, 9.17) is 23.2 Å². The molecule has 3 aromatic carbocycles. The molecule has 0 fully saturated rings. The summed E-state index contributed by atoms with van der Waals surface area (Å²) >= 11 is 12.0. The van der Waals surface area contributed by atoms with E-state index in [-0.39, 0.29) is 16.3 Å². The van der Waals surface area contributed by atoms with Crippen molar-refractivity contribution in [1.29, 1.82) is 0 Å². The van der Waals surface area contributed by atoms with Gasteiger partial charge in [0.05, 0.1) is 22.1 Å². The molecule has 2 N–H and O–H groups in total. The maximum Gasteiger partial charge on any atom is 0.321 e. The number of hydrogen-bond acceptors (Lipinski definition) is 3. The van der Waals surface area contributed by atoms with E-state index < -0.39 is 23.9 Å². The fourth-order valence-corrected chi connectivity index (χ4v) is 3.81. The summed E-state index contributed by atoms with van der Waals surface area (Å²) in [5.41, 5.74) is 1.90. The van der Waals surface area contributed by atoms with Crippen LogP contribution in [0.2, 0.25) is 10.0 Å². The molecule has 1 heterocycles. The Morgan fingerprint density at radius 3 is 2.44 bits per heavy atom. The van der Waals surface area contributed by atoms with Gasteiger partial charge in [-0.1, -0.05) is 53.5 Å². The van der Waals surface area contributed by atoms with E-state index in [0.29, 0.717) is 22.0 Å². The first kappa shape index (κ1) is 21.8. The van der Waals surface area contributed by atoms with Gasteiger partial charge < -0.3 is 15.5 Å². The number of fused-ring (bicyclic) bond motifs is 1. The number of carbonyl (C=O) groups excluding carboxylic acids is 2. The number of para-hydroxylation sites is 1. The van der Waals surface area contributed by atoms with Gasteiger partial charge in [-0.2, -0.15) is 0 Å². The van der Waals surface area contributed by atoms with Crippen LogP contribution in [0.15, 0.2) is 71.7 Å². The number of nitrogens with zero attached hydrogens (tertiary/aromatic N) is 2. The predicted octanol–water partition coefficient (Wildman–Crippen LogP) is 5.09. The van der Waals surface area contributed by atoms with Gasteiger partial charge in [0.2, 0.25) is 6.17 Å². The summed E-state index contributed by atoms with van der Waals surface area (Å²) < 4.78 is 14.6. The Morgan fingerprint density at radius 2 is 1.72 bits per heavy atom. The molecule has 1 aliphatic rings.